The highest BCUT2D eigenvalue weighted by molar-refractivity contribution is 6.15. The van der Waals surface area contributed by atoms with Crippen LogP contribution in [-0.4, -0.2) is 23.2 Å². The summed E-state index contributed by atoms with van der Waals surface area (Å²) in [4.78, 5) is 25.5. The summed E-state index contributed by atoms with van der Waals surface area (Å²) in [7, 11) is 0. The van der Waals surface area contributed by atoms with Gasteiger partial charge in [0.15, 0.2) is 0 Å². The molecule has 6 heteroatoms. The number of carbonyl (C=O) groups is 2. The molecule has 0 radical (unpaired) electrons. The molecule has 1 aromatic rings. The van der Waals surface area contributed by atoms with Gasteiger partial charge in [-0.15, -0.1) is 0 Å². The van der Waals surface area contributed by atoms with Crippen molar-refractivity contribution in [3.05, 3.63) is 29.8 Å². The van der Waals surface area contributed by atoms with E-state index in [1.54, 1.807) is 12.1 Å². The van der Waals surface area contributed by atoms with E-state index in [0.717, 1.165) is 15.5 Å². The maximum absolute atomic E-state index is 12.3. The minimum absolute atomic E-state index is 0.324. The molecular formula is C14H20N4O2. The van der Waals surface area contributed by atoms with Gasteiger partial charge in [0, 0.05) is 0 Å². The lowest BCUT2D eigenvalue weighted by atomic mass is 10.1. The van der Waals surface area contributed by atoms with Gasteiger partial charge in [0.1, 0.15) is 6.17 Å². The van der Waals surface area contributed by atoms with E-state index < -0.39 is 18.2 Å². The third-order valence-electron chi connectivity index (χ3n) is 3.23. The van der Waals surface area contributed by atoms with E-state index >= 15 is 0 Å². The fraction of sp³-hybridized carbons (Fsp3) is 0.429. The van der Waals surface area contributed by atoms with E-state index in [9.17, 15) is 9.59 Å². The SMILES string of the molecule is Cc1ccc(N2C(=O)NC(CC(C)C)N(N)C2=O)cc1. The molecule has 1 aromatic carbocycles. The lowest BCUT2D eigenvalue weighted by Crippen LogP contribution is -2.67. The van der Waals surface area contributed by atoms with Crippen molar-refractivity contribution >= 4 is 17.7 Å². The molecule has 1 heterocycles. The van der Waals surface area contributed by atoms with Crippen LogP contribution in [0.1, 0.15) is 25.8 Å². The second-order valence-corrected chi connectivity index (χ2v) is 5.46. The maximum atomic E-state index is 12.3. The first-order valence-electron chi connectivity index (χ1n) is 6.65. The van der Waals surface area contributed by atoms with Crippen LogP contribution in [0.3, 0.4) is 0 Å². The number of nitrogens with zero attached hydrogens (tertiary/aromatic N) is 2. The Morgan fingerprint density at radius 3 is 2.40 bits per heavy atom. The molecule has 0 aromatic heterocycles. The Morgan fingerprint density at radius 2 is 1.85 bits per heavy atom. The zero-order chi connectivity index (χ0) is 14.9. The number of hydrogen-bond donors (Lipinski definition) is 2. The van der Waals surface area contributed by atoms with Gasteiger partial charge < -0.3 is 5.32 Å². The van der Waals surface area contributed by atoms with Crippen LogP contribution in [0.25, 0.3) is 0 Å². The first kappa shape index (κ1) is 14.3. The molecular weight excluding hydrogens is 256 g/mol. The number of carbonyl (C=O) groups excluding carboxylic acids is 2. The summed E-state index contributed by atoms with van der Waals surface area (Å²) in [5.41, 5.74) is 1.57. The molecule has 0 saturated carbocycles. The summed E-state index contributed by atoms with van der Waals surface area (Å²) in [6, 6.07) is 6.19. The van der Waals surface area contributed by atoms with E-state index in [-0.39, 0.29) is 0 Å². The molecule has 6 nitrogen and oxygen atoms in total. The van der Waals surface area contributed by atoms with Crippen LogP contribution >= 0.6 is 0 Å². The minimum Gasteiger partial charge on any atom is -0.315 e. The standard InChI is InChI=1S/C14H20N4O2/c1-9(2)8-12-16-13(19)17(14(20)18(12)15)11-6-4-10(3)5-7-11/h4-7,9,12H,8,15H2,1-3H3,(H,16,19). The number of nitrogens with two attached hydrogens (primary N) is 1. The minimum atomic E-state index is -0.511. The van der Waals surface area contributed by atoms with E-state index in [1.807, 2.05) is 32.9 Å². The number of rotatable bonds is 3. The zero-order valence-corrected chi connectivity index (χ0v) is 12.0. The van der Waals surface area contributed by atoms with Crippen LogP contribution in [0.5, 0.6) is 0 Å². The van der Waals surface area contributed by atoms with Crippen molar-refractivity contribution in [2.24, 2.45) is 11.8 Å². The number of anilines is 1. The van der Waals surface area contributed by atoms with Crippen molar-refractivity contribution in [3.8, 4) is 0 Å². The van der Waals surface area contributed by atoms with Crippen molar-refractivity contribution in [2.45, 2.75) is 33.4 Å². The highest BCUT2D eigenvalue weighted by atomic mass is 16.2. The van der Waals surface area contributed by atoms with Crippen molar-refractivity contribution < 1.29 is 9.59 Å². The second-order valence-electron chi connectivity index (χ2n) is 5.46. The molecule has 1 aliphatic heterocycles. The average Bonchev–Trinajstić information content (AvgIpc) is 2.37. The third-order valence-corrected chi connectivity index (χ3v) is 3.23. The Kier molecular flexibility index (Phi) is 3.94. The van der Waals surface area contributed by atoms with Gasteiger partial charge in [0.25, 0.3) is 0 Å². The summed E-state index contributed by atoms with van der Waals surface area (Å²) < 4.78 is 0. The van der Waals surface area contributed by atoms with Gasteiger partial charge in [-0.2, -0.15) is 0 Å². The van der Waals surface area contributed by atoms with Crippen LogP contribution in [0, 0.1) is 12.8 Å². The maximum Gasteiger partial charge on any atom is 0.348 e. The molecule has 108 valence electrons. The van der Waals surface area contributed by atoms with E-state index in [4.69, 9.17) is 5.84 Å². The van der Waals surface area contributed by atoms with Crippen molar-refractivity contribution in [1.82, 2.24) is 10.3 Å². The second kappa shape index (κ2) is 5.50. The predicted octanol–water partition coefficient (Wildman–Crippen LogP) is 2.19. The topological polar surface area (TPSA) is 78.7 Å². The molecule has 0 bridgehead atoms. The summed E-state index contributed by atoms with van der Waals surface area (Å²) >= 11 is 0. The van der Waals surface area contributed by atoms with Crippen LogP contribution in [0.2, 0.25) is 0 Å². The van der Waals surface area contributed by atoms with Gasteiger partial charge in [0.2, 0.25) is 0 Å². The molecule has 1 atom stereocenters. The monoisotopic (exact) mass is 276 g/mol. The predicted molar refractivity (Wildman–Crippen MR) is 76.9 cm³/mol. The Balaban J connectivity index is 2.23. The van der Waals surface area contributed by atoms with E-state index in [1.165, 1.54) is 0 Å². The lowest BCUT2D eigenvalue weighted by Gasteiger charge is -2.38. The highest BCUT2D eigenvalue weighted by Gasteiger charge is 2.37. The van der Waals surface area contributed by atoms with Gasteiger partial charge in [-0.05, 0) is 31.4 Å². The molecule has 0 aliphatic carbocycles. The molecule has 3 N–H and O–H groups in total. The highest BCUT2D eigenvalue weighted by Crippen LogP contribution is 2.21. The first-order chi connectivity index (χ1) is 9.40. The van der Waals surface area contributed by atoms with Crippen LogP contribution in [-0.2, 0) is 0 Å². The zero-order valence-electron chi connectivity index (χ0n) is 12.0. The third kappa shape index (κ3) is 2.75. The number of urea groups is 2. The van der Waals surface area contributed by atoms with Gasteiger partial charge in [-0.1, -0.05) is 31.5 Å². The lowest BCUT2D eigenvalue weighted by molar-refractivity contribution is 0.143. The number of nitrogens with one attached hydrogen (secondary N) is 1. The summed E-state index contributed by atoms with van der Waals surface area (Å²) in [6.07, 6.45) is 0.159. The van der Waals surface area contributed by atoms with Crippen molar-refractivity contribution in [2.75, 3.05) is 4.90 Å². The van der Waals surface area contributed by atoms with Crippen LogP contribution in [0.15, 0.2) is 24.3 Å². The fourth-order valence-corrected chi connectivity index (χ4v) is 2.15. The Bertz CT molecular complexity index is 512. The molecule has 0 spiro atoms. The normalized spacial score (nSPS) is 19.6. The van der Waals surface area contributed by atoms with Gasteiger partial charge >= 0.3 is 12.1 Å². The average molecular weight is 276 g/mol. The smallest absolute Gasteiger partial charge is 0.315 e. The molecule has 1 saturated heterocycles. The molecule has 1 unspecified atom stereocenters. The first-order valence-corrected chi connectivity index (χ1v) is 6.65. The summed E-state index contributed by atoms with van der Waals surface area (Å²) in [5, 5.41) is 3.84. The Morgan fingerprint density at radius 1 is 1.25 bits per heavy atom. The number of aryl methyl sites for hydroxylation is 1. The molecule has 1 fully saturated rings. The number of benzene rings is 1. The van der Waals surface area contributed by atoms with E-state index in [0.29, 0.717) is 18.0 Å². The van der Waals surface area contributed by atoms with Gasteiger partial charge in [-0.25, -0.2) is 25.3 Å². The van der Waals surface area contributed by atoms with Gasteiger partial charge in [-0.3, -0.25) is 0 Å². The summed E-state index contributed by atoms with van der Waals surface area (Å²) in [5.74, 6) is 6.14. The van der Waals surface area contributed by atoms with E-state index in [2.05, 4.69) is 5.32 Å². The molecule has 20 heavy (non-hydrogen) atoms. The molecule has 2 rings (SSSR count). The largest absolute Gasteiger partial charge is 0.348 e. The number of hydrazine groups is 1. The van der Waals surface area contributed by atoms with Crippen LogP contribution in [0.4, 0.5) is 15.3 Å². The number of imide groups is 1. The number of amides is 4. The number of hydrogen-bond acceptors (Lipinski definition) is 3. The van der Waals surface area contributed by atoms with Crippen molar-refractivity contribution in [1.29, 1.82) is 0 Å². The quantitative estimate of drug-likeness (QED) is 0.656. The van der Waals surface area contributed by atoms with Crippen LogP contribution < -0.4 is 16.1 Å². The molecule has 1 aliphatic rings. The van der Waals surface area contributed by atoms with Gasteiger partial charge in [0.05, 0.1) is 5.69 Å². The Hall–Kier alpha value is -2.08. The fourth-order valence-electron chi connectivity index (χ4n) is 2.15. The van der Waals surface area contributed by atoms with Crippen molar-refractivity contribution in [3.63, 3.8) is 0 Å². The summed E-state index contributed by atoms with van der Waals surface area (Å²) in [6.45, 7) is 5.96. The molecule has 4 amide bonds. The Labute approximate surface area is 118 Å².